The van der Waals surface area contributed by atoms with Crippen LogP contribution in [0.1, 0.15) is 13.8 Å². The quantitative estimate of drug-likeness (QED) is 0.366. The molecule has 82 valence electrons. The van der Waals surface area contributed by atoms with Gasteiger partial charge >= 0.3 is 0 Å². The highest BCUT2D eigenvalue weighted by Gasteiger charge is 2.11. The van der Waals surface area contributed by atoms with Gasteiger partial charge in [0.2, 0.25) is 0 Å². The second-order valence-electron chi connectivity index (χ2n) is 3.20. The number of hydrogen-bond donors (Lipinski definition) is 0. The summed E-state index contributed by atoms with van der Waals surface area (Å²) in [4.78, 5) is 0. The van der Waals surface area contributed by atoms with Crippen molar-refractivity contribution >= 4 is 9.04 Å². The third-order valence-corrected chi connectivity index (χ3v) is 2.38. The Balaban J connectivity index is 3.74. The van der Waals surface area contributed by atoms with E-state index in [2.05, 4.69) is 19.0 Å². The minimum absolute atomic E-state index is 0.265. The predicted octanol–water partition coefficient (Wildman–Crippen LogP) is 1.39. The first-order valence-electron chi connectivity index (χ1n) is 4.94. The van der Waals surface area contributed by atoms with Crippen molar-refractivity contribution in [2.45, 2.75) is 39.3 Å². The van der Waals surface area contributed by atoms with Gasteiger partial charge in [-0.05, 0) is 26.9 Å². The first-order chi connectivity index (χ1) is 6.60. The zero-order chi connectivity index (χ0) is 11.0. The minimum atomic E-state index is -1.02. The molecule has 4 heteroatoms. The van der Waals surface area contributed by atoms with Gasteiger partial charge < -0.3 is 13.9 Å². The monoisotopic (exact) mass is 216 g/mol. The smallest absolute Gasteiger partial charge is 0.171 e. The number of ether oxygens (including phenoxy) is 2. The van der Waals surface area contributed by atoms with Crippen LogP contribution < -0.4 is 0 Å². The van der Waals surface area contributed by atoms with Crippen LogP contribution in [0.15, 0.2) is 0 Å². The topological polar surface area (TPSA) is 27.7 Å². The third-order valence-electron chi connectivity index (χ3n) is 1.52. The van der Waals surface area contributed by atoms with Crippen LogP contribution in [0.3, 0.4) is 0 Å². The van der Waals surface area contributed by atoms with Gasteiger partial charge in [-0.3, -0.25) is 0 Å². The van der Waals surface area contributed by atoms with Crippen molar-refractivity contribution in [2.75, 3.05) is 13.2 Å². The molecule has 0 aromatic heterocycles. The number of terminal acetylenes is 1. The Morgan fingerprint density at radius 2 is 2.07 bits per heavy atom. The molecule has 0 N–H and O–H groups in total. The number of rotatable bonds is 7. The molecule has 0 aliphatic carbocycles. The summed E-state index contributed by atoms with van der Waals surface area (Å²) in [6, 6.07) is 0. The molecule has 0 fully saturated rings. The van der Waals surface area contributed by atoms with E-state index in [-0.39, 0.29) is 12.4 Å². The van der Waals surface area contributed by atoms with E-state index in [0.717, 1.165) is 0 Å². The predicted molar refractivity (Wildman–Crippen MR) is 59.6 cm³/mol. The summed E-state index contributed by atoms with van der Waals surface area (Å²) in [6.45, 7) is 9.04. The van der Waals surface area contributed by atoms with E-state index in [9.17, 15) is 0 Å². The SMILES string of the molecule is C#CC(CO[SiH](C)C)OC(C)OCC. The Labute approximate surface area is 88.5 Å². The lowest BCUT2D eigenvalue weighted by Crippen LogP contribution is -2.27. The van der Waals surface area contributed by atoms with Gasteiger partial charge in [-0.2, -0.15) is 0 Å². The number of hydrogen-bond acceptors (Lipinski definition) is 3. The fourth-order valence-corrected chi connectivity index (χ4v) is 1.47. The molecule has 0 rings (SSSR count). The highest BCUT2D eigenvalue weighted by molar-refractivity contribution is 6.48. The summed E-state index contributed by atoms with van der Waals surface area (Å²) in [6.07, 6.45) is 4.74. The second kappa shape index (κ2) is 8.01. The fourth-order valence-electron chi connectivity index (χ4n) is 0.912. The first-order valence-corrected chi connectivity index (χ1v) is 7.73. The second-order valence-corrected chi connectivity index (χ2v) is 5.63. The van der Waals surface area contributed by atoms with Crippen LogP contribution in [0.25, 0.3) is 0 Å². The lowest BCUT2D eigenvalue weighted by Gasteiger charge is -2.19. The normalized spacial score (nSPS) is 15.1. The van der Waals surface area contributed by atoms with Crippen LogP contribution in [-0.2, 0) is 13.9 Å². The Hall–Kier alpha value is -0.343. The molecule has 0 heterocycles. The molecular formula is C10H20O3Si. The van der Waals surface area contributed by atoms with Gasteiger partial charge in [0.05, 0.1) is 6.61 Å². The van der Waals surface area contributed by atoms with Gasteiger partial charge in [0.25, 0.3) is 0 Å². The van der Waals surface area contributed by atoms with Crippen molar-refractivity contribution in [3.63, 3.8) is 0 Å². The zero-order valence-corrected chi connectivity index (χ0v) is 10.6. The van der Waals surface area contributed by atoms with Crippen LogP contribution in [0, 0.1) is 12.3 Å². The summed E-state index contributed by atoms with van der Waals surface area (Å²) >= 11 is 0. The summed E-state index contributed by atoms with van der Waals surface area (Å²) in [5.41, 5.74) is 0. The van der Waals surface area contributed by atoms with Crippen LogP contribution in [0.4, 0.5) is 0 Å². The van der Waals surface area contributed by atoms with E-state index in [1.807, 2.05) is 13.8 Å². The van der Waals surface area contributed by atoms with E-state index < -0.39 is 9.04 Å². The fraction of sp³-hybridized carbons (Fsp3) is 0.800. The maximum absolute atomic E-state index is 5.49. The molecule has 2 unspecified atom stereocenters. The summed E-state index contributed by atoms with van der Waals surface area (Å²) in [5, 5.41) is 0. The van der Waals surface area contributed by atoms with Gasteiger partial charge in [-0.1, -0.05) is 5.92 Å². The molecule has 0 saturated heterocycles. The van der Waals surface area contributed by atoms with Gasteiger partial charge in [-0.15, -0.1) is 6.42 Å². The molecule has 0 aliphatic heterocycles. The van der Waals surface area contributed by atoms with Crippen molar-refractivity contribution in [2.24, 2.45) is 0 Å². The lowest BCUT2D eigenvalue weighted by atomic mass is 10.4. The third kappa shape index (κ3) is 7.10. The molecule has 14 heavy (non-hydrogen) atoms. The average Bonchev–Trinajstić information content (AvgIpc) is 2.12. The van der Waals surface area contributed by atoms with Gasteiger partial charge in [0, 0.05) is 6.61 Å². The molecule has 0 spiro atoms. The zero-order valence-electron chi connectivity index (χ0n) is 9.45. The summed E-state index contributed by atoms with van der Waals surface area (Å²) in [7, 11) is -1.02. The van der Waals surface area contributed by atoms with Gasteiger partial charge in [0.15, 0.2) is 15.3 Å². The lowest BCUT2D eigenvalue weighted by molar-refractivity contribution is -0.149. The van der Waals surface area contributed by atoms with Gasteiger partial charge in [0.1, 0.15) is 6.10 Å². The van der Waals surface area contributed by atoms with E-state index >= 15 is 0 Å². The maximum Gasteiger partial charge on any atom is 0.171 e. The first kappa shape index (κ1) is 13.7. The Morgan fingerprint density at radius 1 is 1.43 bits per heavy atom. The summed E-state index contributed by atoms with van der Waals surface area (Å²) in [5.74, 6) is 2.54. The average molecular weight is 216 g/mol. The standard InChI is InChI=1S/C10H20O3Si/c1-6-10(8-12-14(4)5)13-9(3)11-7-2/h1,9-10,14H,7-8H2,2-5H3. The van der Waals surface area contributed by atoms with E-state index in [1.54, 1.807) is 0 Å². The maximum atomic E-state index is 5.49. The van der Waals surface area contributed by atoms with Crippen molar-refractivity contribution in [3.8, 4) is 12.3 Å². The van der Waals surface area contributed by atoms with E-state index in [4.69, 9.17) is 20.3 Å². The molecule has 3 nitrogen and oxygen atoms in total. The van der Waals surface area contributed by atoms with Crippen molar-refractivity contribution in [3.05, 3.63) is 0 Å². The Bertz CT molecular complexity index is 177. The molecule has 0 aromatic rings. The molecule has 0 aromatic carbocycles. The van der Waals surface area contributed by atoms with E-state index in [1.165, 1.54) is 0 Å². The molecule has 0 amide bonds. The molecule has 0 aliphatic rings. The molecule has 0 saturated carbocycles. The van der Waals surface area contributed by atoms with Crippen molar-refractivity contribution in [1.82, 2.24) is 0 Å². The molecule has 2 atom stereocenters. The molecular weight excluding hydrogens is 196 g/mol. The highest BCUT2D eigenvalue weighted by atomic mass is 28.3. The Morgan fingerprint density at radius 3 is 2.50 bits per heavy atom. The molecule has 0 radical (unpaired) electrons. The van der Waals surface area contributed by atoms with Crippen LogP contribution >= 0.6 is 0 Å². The van der Waals surface area contributed by atoms with Crippen LogP contribution in [0.5, 0.6) is 0 Å². The van der Waals surface area contributed by atoms with Crippen LogP contribution in [0.2, 0.25) is 13.1 Å². The Kier molecular flexibility index (Phi) is 7.81. The van der Waals surface area contributed by atoms with Crippen LogP contribution in [-0.4, -0.2) is 34.6 Å². The summed E-state index contributed by atoms with van der Waals surface area (Å²) < 4.78 is 16.1. The highest BCUT2D eigenvalue weighted by Crippen LogP contribution is 2.01. The minimum Gasteiger partial charge on any atom is -0.417 e. The van der Waals surface area contributed by atoms with Crippen molar-refractivity contribution in [1.29, 1.82) is 0 Å². The van der Waals surface area contributed by atoms with Crippen molar-refractivity contribution < 1.29 is 13.9 Å². The largest absolute Gasteiger partial charge is 0.417 e. The van der Waals surface area contributed by atoms with E-state index in [0.29, 0.717) is 13.2 Å². The molecule has 0 bridgehead atoms. The van der Waals surface area contributed by atoms with Gasteiger partial charge in [-0.25, -0.2) is 0 Å².